The molecule has 0 aliphatic carbocycles. The molecule has 0 rings (SSSR count). The number of ether oxygens (including phenoxy) is 2. The van der Waals surface area contributed by atoms with E-state index in [0.29, 0.717) is 6.42 Å². The summed E-state index contributed by atoms with van der Waals surface area (Å²) in [7, 11) is -4.74. The smallest absolute Gasteiger partial charge is 0.462 e. The first-order valence-corrected chi connectivity index (χ1v) is 19.0. The van der Waals surface area contributed by atoms with Crippen molar-refractivity contribution in [2.45, 2.75) is 180 Å². The van der Waals surface area contributed by atoms with E-state index in [0.717, 1.165) is 51.4 Å². The standard InChI is InChI=1S/C34H65O8P/c1-3-5-7-9-11-13-14-15-16-17-18-19-21-23-25-27-29-34(36)42-32(31-41-43(37,38)39)30-40-33(35)28-26-24-22-20-12-10-8-6-4-2/h16-17,32H,3-15,18-31H2,1-2H3,(H2,37,38,39)/b17-16-/t32-/m1/s1. The largest absolute Gasteiger partial charge is 0.469 e. The number of carbonyl (C=O) groups is 2. The monoisotopic (exact) mass is 632 g/mol. The van der Waals surface area contributed by atoms with Gasteiger partial charge in [0.2, 0.25) is 0 Å². The Kier molecular flexibility index (Phi) is 29.9. The summed E-state index contributed by atoms with van der Waals surface area (Å²) in [6.45, 7) is 3.64. The molecule has 0 radical (unpaired) electrons. The quantitative estimate of drug-likeness (QED) is 0.0325. The lowest BCUT2D eigenvalue weighted by Gasteiger charge is -2.18. The molecule has 0 aromatic carbocycles. The van der Waals surface area contributed by atoms with Crippen LogP contribution in [0.25, 0.3) is 0 Å². The van der Waals surface area contributed by atoms with E-state index in [1.54, 1.807) is 0 Å². The van der Waals surface area contributed by atoms with Crippen molar-refractivity contribution in [2.24, 2.45) is 0 Å². The molecule has 1 atom stereocenters. The SMILES string of the molecule is CCCCCCCCC/C=C\CCCCCCCC(=O)O[C@H](COC(=O)CCCCCCCCCCC)COP(=O)(O)O. The Balaban J connectivity index is 3.98. The van der Waals surface area contributed by atoms with Crippen LogP contribution in [0.5, 0.6) is 0 Å². The minimum absolute atomic E-state index is 0.206. The van der Waals surface area contributed by atoms with E-state index in [4.69, 9.17) is 19.3 Å². The lowest BCUT2D eigenvalue weighted by molar-refractivity contribution is -0.161. The van der Waals surface area contributed by atoms with Gasteiger partial charge in [-0.15, -0.1) is 0 Å². The van der Waals surface area contributed by atoms with Crippen molar-refractivity contribution in [1.29, 1.82) is 0 Å². The van der Waals surface area contributed by atoms with Crippen LogP contribution in [-0.2, 0) is 28.2 Å². The van der Waals surface area contributed by atoms with Crippen molar-refractivity contribution < 1.29 is 37.9 Å². The highest BCUT2D eigenvalue weighted by Crippen LogP contribution is 2.36. The zero-order valence-electron chi connectivity index (χ0n) is 27.6. The van der Waals surface area contributed by atoms with Crippen molar-refractivity contribution in [2.75, 3.05) is 13.2 Å². The number of rotatable bonds is 32. The number of unbranched alkanes of at least 4 members (excludes halogenated alkanes) is 20. The van der Waals surface area contributed by atoms with Crippen LogP contribution in [-0.4, -0.2) is 41.0 Å². The van der Waals surface area contributed by atoms with E-state index in [9.17, 15) is 14.2 Å². The van der Waals surface area contributed by atoms with Gasteiger partial charge in [-0.05, 0) is 38.5 Å². The number of esters is 2. The van der Waals surface area contributed by atoms with Gasteiger partial charge in [-0.3, -0.25) is 14.1 Å². The van der Waals surface area contributed by atoms with E-state index in [1.165, 1.54) is 89.9 Å². The van der Waals surface area contributed by atoms with Crippen LogP contribution in [0, 0.1) is 0 Å². The Morgan fingerprint density at radius 3 is 1.42 bits per heavy atom. The first-order chi connectivity index (χ1) is 20.8. The van der Waals surface area contributed by atoms with E-state index >= 15 is 0 Å². The molecular formula is C34H65O8P. The average Bonchev–Trinajstić information content (AvgIpc) is 2.97. The Morgan fingerprint density at radius 2 is 0.977 bits per heavy atom. The fourth-order valence-corrected chi connectivity index (χ4v) is 5.26. The maximum atomic E-state index is 12.3. The lowest BCUT2D eigenvalue weighted by Crippen LogP contribution is -2.29. The first kappa shape index (κ1) is 41.8. The molecule has 0 amide bonds. The molecule has 0 aliphatic heterocycles. The molecule has 0 aliphatic rings. The van der Waals surface area contributed by atoms with Gasteiger partial charge in [0.15, 0.2) is 6.10 Å². The van der Waals surface area contributed by atoms with Crippen LogP contribution in [0.15, 0.2) is 12.2 Å². The summed E-state index contributed by atoms with van der Waals surface area (Å²) in [6.07, 6.45) is 30.8. The fraction of sp³-hybridized carbons (Fsp3) is 0.882. The van der Waals surface area contributed by atoms with Crippen LogP contribution in [0.2, 0.25) is 0 Å². The maximum Gasteiger partial charge on any atom is 0.469 e. The maximum absolute atomic E-state index is 12.3. The number of carbonyl (C=O) groups excluding carboxylic acids is 2. The molecular weight excluding hydrogens is 567 g/mol. The highest BCUT2D eigenvalue weighted by molar-refractivity contribution is 7.46. The summed E-state index contributed by atoms with van der Waals surface area (Å²) in [5.74, 6) is -0.893. The molecule has 0 bridgehead atoms. The highest BCUT2D eigenvalue weighted by atomic mass is 31.2. The van der Waals surface area contributed by atoms with E-state index in [2.05, 4.69) is 30.5 Å². The number of phosphoric acid groups is 1. The molecule has 8 nitrogen and oxygen atoms in total. The summed E-state index contributed by atoms with van der Waals surface area (Å²) in [6, 6.07) is 0. The summed E-state index contributed by atoms with van der Waals surface area (Å²) in [5, 5.41) is 0. The van der Waals surface area contributed by atoms with Crippen LogP contribution >= 0.6 is 7.82 Å². The van der Waals surface area contributed by atoms with Gasteiger partial charge in [0.05, 0.1) is 6.61 Å². The van der Waals surface area contributed by atoms with Gasteiger partial charge in [-0.2, -0.15) is 0 Å². The van der Waals surface area contributed by atoms with Crippen LogP contribution in [0.4, 0.5) is 0 Å². The van der Waals surface area contributed by atoms with Crippen LogP contribution in [0.1, 0.15) is 174 Å². The zero-order chi connectivity index (χ0) is 31.9. The Bertz CT molecular complexity index is 721. The molecule has 0 saturated carbocycles. The second-order valence-electron chi connectivity index (χ2n) is 11.8. The highest BCUT2D eigenvalue weighted by Gasteiger charge is 2.22. The predicted molar refractivity (Wildman–Crippen MR) is 175 cm³/mol. The van der Waals surface area contributed by atoms with E-state index in [1.807, 2.05) is 0 Å². The average molecular weight is 633 g/mol. The van der Waals surface area contributed by atoms with Gasteiger partial charge in [-0.1, -0.05) is 135 Å². The summed E-state index contributed by atoms with van der Waals surface area (Å²) >= 11 is 0. The van der Waals surface area contributed by atoms with Crippen molar-refractivity contribution >= 4 is 19.8 Å². The van der Waals surface area contributed by atoms with E-state index in [-0.39, 0.29) is 19.4 Å². The molecule has 0 fully saturated rings. The Labute approximate surface area is 263 Å². The lowest BCUT2D eigenvalue weighted by atomic mass is 10.1. The topological polar surface area (TPSA) is 119 Å². The minimum atomic E-state index is -4.74. The van der Waals surface area contributed by atoms with Gasteiger partial charge in [0.1, 0.15) is 6.61 Å². The van der Waals surface area contributed by atoms with Gasteiger partial charge < -0.3 is 19.3 Å². The molecule has 9 heteroatoms. The predicted octanol–water partition coefficient (Wildman–Crippen LogP) is 9.90. The Hall–Kier alpha value is -1.21. The number of phosphoric ester groups is 1. The van der Waals surface area contributed by atoms with E-state index < -0.39 is 32.5 Å². The van der Waals surface area contributed by atoms with Gasteiger partial charge >= 0.3 is 19.8 Å². The molecule has 43 heavy (non-hydrogen) atoms. The molecule has 0 heterocycles. The molecule has 2 N–H and O–H groups in total. The van der Waals surface area contributed by atoms with Crippen LogP contribution in [0.3, 0.4) is 0 Å². The normalized spacial score (nSPS) is 12.6. The fourth-order valence-electron chi connectivity index (χ4n) is 4.90. The van der Waals surface area contributed by atoms with Crippen molar-refractivity contribution in [3.05, 3.63) is 12.2 Å². The Morgan fingerprint density at radius 1 is 0.581 bits per heavy atom. The minimum Gasteiger partial charge on any atom is -0.462 e. The molecule has 0 aromatic rings. The summed E-state index contributed by atoms with van der Waals surface area (Å²) in [4.78, 5) is 42.5. The van der Waals surface area contributed by atoms with Crippen LogP contribution < -0.4 is 0 Å². The van der Waals surface area contributed by atoms with Crippen molar-refractivity contribution in [1.82, 2.24) is 0 Å². The van der Waals surface area contributed by atoms with Crippen molar-refractivity contribution in [3.63, 3.8) is 0 Å². The first-order valence-electron chi connectivity index (χ1n) is 17.5. The molecule has 254 valence electrons. The van der Waals surface area contributed by atoms with Gasteiger partial charge in [0.25, 0.3) is 0 Å². The molecule has 0 unspecified atom stereocenters. The second kappa shape index (κ2) is 30.8. The third kappa shape index (κ3) is 33.5. The molecule has 0 saturated heterocycles. The molecule has 0 spiro atoms. The van der Waals surface area contributed by atoms with Crippen molar-refractivity contribution in [3.8, 4) is 0 Å². The summed E-state index contributed by atoms with van der Waals surface area (Å²) < 4.78 is 26.2. The van der Waals surface area contributed by atoms with Gasteiger partial charge in [0, 0.05) is 12.8 Å². The zero-order valence-corrected chi connectivity index (χ0v) is 28.5. The number of allylic oxidation sites excluding steroid dienone is 2. The number of hydrogen-bond donors (Lipinski definition) is 2. The third-order valence-electron chi connectivity index (χ3n) is 7.53. The third-order valence-corrected chi connectivity index (χ3v) is 8.02. The van der Waals surface area contributed by atoms with Gasteiger partial charge in [-0.25, -0.2) is 4.57 Å². The molecule has 0 aromatic heterocycles. The summed E-state index contributed by atoms with van der Waals surface area (Å²) in [5.41, 5.74) is 0. The second-order valence-corrected chi connectivity index (χ2v) is 13.1. The number of hydrogen-bond acceptors (Lipinski definition) is 6.